The number of hydrogen-bond donors (Lipinski definition) is 1. The van der Waals surface area contributed by atoms with Gasteiger partial charge in [0.25, 0.3) is 5.24 Å². The Morgan fingerprint density at radius 1 is 1.77 bits per heavy atom. The highest BCUT2D eigenvalue weighted by Gasteiger charge is 2.28. The molecule has 5 heteroatoms. The molecule has 1 aliphatic rings. The number of hydrogen-bond acceptors (Lipinski definition) is 4. The predicted octanol–water partition coefficient (Wildman–Crippen LogP) is 1.15. The molecule has 13 heavy (non-hydrogen) atoms. The van der Waals surface area contributed by atoms with Gasteiger partial charge in [-0.3, -0.25) is 4.79 Å². The van der Waals surface area contributed by atoms with Gasteiger partial charge in [-0.05, 0) is 6.42 Å². The lowest BCUT2D eigenvalue weighted by molar-refractivity contribution is -0.145. The summed E-state index contributed by atoms with van der Waals surface area (Å²) in [6.07, 6.45) is 1.87. The van der Waals surface area contributed by atoms with Crippen molar-refractivity contribution in [1.82, 2.24) is 5.32 Å². The van der Waals surface area contributed by atoms with Crippen LogP contribution in [-0.2, 0) is 9.53 Å². The Bertz CT molecular complexity index is 208. The number of nitrogens with one attached hydrogen (secondary N) is 1. The molecule has 0 unspecified atom stereocenters. The van der Waals surface area contributed by atoms with Crippen molar-refractivity contribution in [2.45, 2.75) is 25.8 Å². The minimum atomic E-state index is -0.436. The van der Waals surface area contributed by atoms with E-state index in [1.54, 1.807) is 0 Å². The zero-order chi connectivity index (χ0) is 9.68. The average Bonchev–Trinajstić information content (AvgIpc) is 2.52. The molecule has 4 nitrogen and oxygen atoms in total. The SMILES string of the molecule is CCCCOC(=O)[C@@H]1CSC(=O)N1. The van der Waals surface area contributed by atoms with Crippen LogP contribution in [0.4, 0.5) is 4.79 Å². The molecular formula is C8H13NO3S. The van der Waals surface area contributed by atoms with E-state index < -0.39 is 6.04 Å². The van der Waals surface area contributed by atoms with Gasteiger partial charge in [0.05, 0.1) is 6.61 Å². The van der Waals surface area contributed by atoms with Crippen LogP contribution >= 0.6 is 11.8 Å². The number of thioether (sulfide) groups is 1. The molecule has 0 aromatic rings. The van der Waals surface area contributed by atoms with E-state index >= 15 is 0 Å². The zero-order valence-corrected chi connectivity index (χ0v) is 8.36. The number of unbranched alkanes of at least 4 members (excludes halogenated alkanes) is 1. The van der Waals surface area contributed by atoms with E-state index in [9.17, 15) is 9.59 Å². The van der Waals surface area contributed by atoms with Gasteiger partial charge in [0, 0.05) is 5.75 Å². The summed E-state index contributed by atoms with van der Waals surface area (Å²) in [4.78, 5) is 21.9. The number of esters is 1. The number of carbonyl (C=O) groups is 2. The summed E-state index contributed by atoms with van der Waals surface area (Å²) >= 11 is 1.12. The van der Waals surface area contributed by atoms with Crippen LogP contribution in [0.5, 0.6) is 0 Å². The summed E-state index contributed by atoms with van der Waals surface area (Å²) in [6.45, 7) is 2.48. The first kappa shape index (κ1) is 10.4. The fourth-order valence-corrected chi connectivity index (χ4v) is 1.69. The molecule has 0 aromatic carbocycles. The molecule has 0 aromatic heterocycles. The van der Waals surface area contributed by atoms with Gasteiger partial charge in [-0.25, -0.2) is 4.79 Å². The van der Waals surface area contributed by atoms with Gasteiger partial charge in [0.1, 0.15) is 6.04 Å². The van der Waals surface area contributed by atoms with E-state index in [0.717, 1.165) is 24.6 Å². The van der Waals surface area contributed by atoms with Crippen LogP contribution in [0, 0.1) is 0 Å². The summed E-state index contributed by atoms with van der Waals surface area (Å²) in [5, 5.41) is 2.39. The van der Waals surface area contributed by atoms with Crippen molar-refractivity contribution >= 4 is 23.0 Å². The fraction of sp³-hybridized carbons (Fsp3) is 0.750. The number of carbonyl (C=O) groups excluding carboxylic acids is 2. The Balaban J connectivity index is 2.20. The van der Waals surface area contributed by atoms with Crippen LogP contribution in [0.25, 0.3) is 0 Å². The van der Waals surface area contributed by atoms with Crippen LogP contribution in [0.3, 0.4) is 0 Å². The molecule has 0 saturated carbocycles. The quantitative estimate of drug-likeness (QED) is 0.550. The van der Waals surface area contributed by atoms with Crippen molar-refractivity contribution < 1.29 is 14.3 Å². The molecule has 0 spiro atoms. The molecule has 0 radical (unpaired) electrons. The lowest BCUT2D eigenvalue weighted by atomic mass is 10.3. The van der Waals surface area contributed by atoms with Gasteiger partial charge in [-0.1, -0.05) is 25.1 Å². The van der Waals surface area contributed by atoms with Gasteiger partial charge in [-0.15, -0.1) is 0 Å². The summed E-state index contributed by atoms with van der Waals surface area (Å²) in [7, 11) is 0. The Labute approximate surface area is 81.4 Å². The summed E-state index contributed by atoms with van der Waals surface area (Å²) in [6, 6.07) is -0.436. The van der Waals surface area contributed by atoms with E-state index in [0.29, 0.717) is 12.4 Å². The molecule has 0 bridgehead atoms. The third kappa shape index (κ3) is 3.26. The lowest BCUT2D eigenvalue weighted by Crippen LogP contribution is -2.36. The fourth-order valence-electron chi connectivity index (χ4n) is 0.929. The van der Waals surface area contributed by atoms with Crippen molar-refractivity contribution in [3.8, 4) is 0 Å². The number of ether oxygens (including phenoxy) is 1. The summed E-state index contributed by atoms with van der Waals surface area (Å²) in [5.74, 6) is 0.177. The predicted molar refractivity (Wildman–Crippen MR) is 50.6 cm³/mol. The first-order valence-corrected chi connectivity index (χ1v) is 5.32. The molecule has 1 aliphatic heterocycles. The summed E-state index contributed by atoms with van der Waals surface area (Å²) < 4.78 is 4.95. The third-order valence-electron chi connectivity index (χ3n) is 1.70. The monoisotopic (exact) mass is 203 g/mol. The second kappa shape index (κ2) is 5.11. The second-order valence-corrected chi connectivity index (χ2v) is 3.81. The molecule has 1 heterocycles. The molecule has 74 valence electrons. The van der Waals surface area contributed by atoms with Crippen molar-refractivity contribution in [1.29, 1.82) is 0 Å². The summed E-state index contributed by atoms with van der Waals surface area (Å²) in [5.41, 5.74) is 0. The molecule has 1 amide bonds. The third-order valence-corrected chi connectivity index (χ3v) is 2.58. The highest BCUT2D eigenvalue weighted by atomic mass is 32.2. The van der Waals surface area contributed by atoms with Crippen LogP contribution in [0.2, 0.25) is 0 Å². The van der Waals surface area contributed by atoms with Crippen LogP contribution in [0.1, 0.15) is 19.8 Å². The Hall–Kier alpha value is -0.710. The Kier molecular flexibility index (Phi) is 4.08. The molecule has 1 fully saturated rings. The van der Waals surface area contributed by atoms with Gasteiger partial charge in [0.15, 0.2) is 0 Å². The van der Waals surface area contributed by atoms with E-state index in [2.05, 4.69) is 5.32 Å². The van der Waals surface area contributed by atoms with Crippen LogP contribution in [0.15, 0.2) is 0 Å². The normalized spacial score (nSPS) is 21.3. The largest absolute Gasteiger partial charge is 0.464 e. The van der Waals surface area contributed by atoms with Gasteiger partial charge in [0.2, 0.25) is 0 Å². The van der Waals surface area contributed by atoms with E-state index in [-0.39, 0.29) is 11.2 Å². The lowest BCUT2D eigenvalue weighted by Gasteiger charge is -2.08. The molecule has 1 rings (SSSR count). The minimum Gasteiger partial charge on any atom is -0.464 e. The zero-order valence-electron chi connectivity index (χ0n) is 7.54. The first-order chi connectivity index (χ1) is 6.24. The van der Waals surface area contributed by atoms with E-state index in [1.807, 2.05) is 6.92 Å². The molecule has 1 atom stereocenters. The number of amides is 1. The molecule has 0 aliphatic carbocycles. The highest BCUT2D eigenvalue weighted by Crippen LogP contribution is 2.13. The maximum atomic E-state index is 11.2. The van der Waals surface area contributed by atoms with Crippen molar-refractivity contribution in [3.05, 3.63) is 0 Å². The van der Waals surface area contributed by atoms with Crippen molar-refractivity contribution in [2.75, 3.05) is 12.4 Å². The molecular weight excluding hydrogens is 190 g/mol. The van der Waals surface area contributed by atoms with Gasteiger partial charge >= 0.3 is 5.97 Å². The highest BCUT2D eigenvalue weighted by molar-refractivity contribution is 8.14. The van der Waals surface area contributed by atoms with E-state index in [1.165, 1.54) is 0 Å². The standard InChI is InChI=1S/C8H13NO3S/c1-2-3-4-12-7(10)6-5-13-8(11)9-6/h6H,2-5H2,1H3,(H,9,11)/t6-/m0/s1. The second-order valence-electron chi connectivity index (χ2n) is 2.82. The first-order valence-electron chi connectivity index (χ1n) is 4.34. The topological polar surface area (TPSA) is 55.4 Å². The van der Waals surface area contributed by atoms with Crippen LogP contribution < -0.4 is 5.32 Å². The average molecular weight is 203 g/mol. The van der Waals surface area contributed by atoms with Gasteiger partial charge in [-0.2, -0.15) is 0 Å². The Morgan fingerprint density at radius 3 is 3.08 bits per heavy atom. The Morgan fingerprint density at radius 2 is 2.54 bits per heavy atom. The van der Waals surface area contributed by atoms with Crippen molar-refractivity contribution in [2.24, 2.45) is 0 Å². The maximum Gasteiger partial charge on any atom is 0.329 e. The molecule has 1 saturated heterocycles. The van der Waals surface area contributed by atoms with E-state index in [4.69, 9.17) is 4.74 Å². The smallest absolute Gasteiger partial charge is 0.329 e. The van der Waals surface area contributed by atoms with Crippen molar-refractivity contribution in [3.63, 3.8) is 0 Å². The maximum absolute atomic E-state index is 11.2. The number of rotatable bonds is 4. The minimum absolute atomic E-state index is 0.141. The molecule has 1 N–H and O–H groups in total. The van der Waals surface area contributed by atoms with Crippen LogP contribution in [-0.4, -0.2) is 29.6 Å². The van der Waals surface area contributed by atoms with Gasteiger partial charge < -0.3 is 10.1 Å².